The van der Waals surface area contributed by atoms with E-state index in [-0.39, 0.29) is 5.91 Å². The third-order valence-corrected chi connectivity index (χ3v) is 3.19. The average Bonchev–Trinajstić information content (AvgIpc) is 2.26. The van der Waals surface area contributed by atoms with Gasteiger partial charge in [-0.2, -0.15) is 0 Å². The highest BCUT2D eigenvalue weighted by molar-refractivity contribution is 5.78. The predicted octanol–water partition coefficient (Wildman–Crippen LogP) is 2.71. The average molecular weight is 242 g/mol. The molecule has 3 atom stereocenters. The van der Waals surface area contributed by atoms with E-state index in [1.807, 2.05) is 0 Å². The molecule has 0 saturated carbocycles. The molecule has 0 aromatic carbocycles. The Hall–Kier alpha value is -0.570. The summed E-state index contributed by atoms with van der Waals surface area (Å²) in [6.07, 6.45) is 4.49. The second-order valence-corrected chi connectivity index (χ2v) is 5.29. The Morgan fingerprint density at radius 2 is 1.76 bits per heavy atom. The number of hydrogen-bond acceptors (Lipinski definition) is 2. The molecule has 0 heterocycles. The summed E-state index contributed by atoms with van der Waals surface area (Å²) in [5, 5.41) is 6.29. The second kappa shape index (κ2) is 9.46. The maximum atomic E-state index is 11.6. The van der Waals surface area contributed by atoms with Gasteiger partial charge in [0.1, 0.15) is 0 Å². The van der Waals surface area contributed by atoms with Crippen molar-refractivity contribution in [3.63, 3.8) is 0 Å². The number of hydrogen-bond donors (Lipinski definition) is 2. The minimum absolute atomic E-state index is 0.113. The van der Waals surface area contributed by atoms with Crippen LogP contribution in [0.2, 0.25) is 0 Å². The van der Waals surface area contributed by atoms with E-state index in [0.29, 0.717) is 18.6 Å². The summed E-state index contributed by atoms with van der Waals surface area (Å²) >= 11 is 0. The highest BCUT2D eigenvalue weighted by Crippen LogP contribution is 2.08. The molecule has 0 aliphatic carbocycles. The summed E-state index contributed by atoms with van der Waals surface area (Å²) in [6, 6.07) is 0.705. The molecule has 3 unspecified atom stereocenters. The molecule has 3 nitrogen and oxygen atoms in total. The molecule has 102 valence electrons. The maximum absolute atomic E-state index is 11.6. The molecule has 0 aromatic rings. The molecule has 0 fully saturated rings. The Kier molecular flexibility index (Phi) is 9.14. The molecule has 0 aliphatic rings. The summed E-state index contributed by atoms with van der Waals surface area (Å²) in [5.74, 6) is 0.835. The van der Waals surface area contributed by atoms with Crippen LogP contribution in [-0.2, 0) is 4.79 Å². The maximum Gasteiger partial charge on any atom is 0.234 e. The van der Waals surface area contributed by atoms with Crippen LogP contribution in [0, 0.1) is 5.92 Å². The molecule has 0 spiro atoms. The van der Waals surface area contributed by atoms with Crippen LogP contribution in [-0.4, -0.2) is 24.5 Å². The first-order chi connectivity index (χ1) is 7.99. The van der Waals surface area contributed by atoms with E-state index in [4.69, 9.17) is 0 Å². The Labute approximate surface area is 107 Å². The number of nitrogens with one attached hydrogen (secondary N) is 2. The van der Waals surface area contributed by atoms with E-state index in [0.717, 1.165) is 25.2 Å². The van der Waals surface area contributed by atoms with Crippen molar-refractivity contribution >= 4 is 5.91 Å². The van der Waals surface area contributed by atoms with Gasteiger partial charge in [0.2, 0.25) is 5.91 Å². The standard InChI is InChI=1S/C14H30N2O/c1-6-8-12(4)16-14(17)10-15-13(5)9-11(3)7-2/h11-13,15H,6-10H2,1-5H3,(H,16,17). The molecule has 2 N–H and O–H groups in total. The molecule has 0 aromatic heterocycles. The zero-order valence-corrected chi connectivity index (χ0v) is 12.2. The summed E-state index contributed by atoms with van der Waals surface area (Å²) in [7, 11) is 0. The lowest BCUT2D eigenvalue weighted by molar-refractivity contribution is -0.121. The lowest BCUT2D eigenvalue weighted by Crippen LogP contribution is -2.41. The van der Waals surface area contributed by atoms with Crippen LogP contribution in [0.5, 0.6) is 0 Å². The predicted molar refractivity (Wildman–Crippen MR) is 74.0 cm³/mol. The van der Waals surface area contributed by atoms with Gasteiger partial charge in [-0.25, -0.2) is 0 Å². The Morgan fingerprint density at radius 3 is 2.29 bits per heavy atom. The van der Waals surface area contributed by atoms with Crippen molar-refractivity contribution in [2.75, 3.05) is 6.54 Å². The quantitative estimate of drug-likeness (QED) is 0.653. The van der Waals surface area contributed by atoms with E-state index in [9.17, 15) is 4.79 Å². The van der Waals surface area contributed by atoms with Crippen LogP contribution in [0.3, 0.4) is 0 Å². The molecule has 3 heteroatoms. The summed E-state index contributed by atoms with van der Waals surface area (Å²) < 4.78 is 0. The fraction of sp³-hybridized carbons (Fsp3) is 0.929. The van der Waals surface area contributed by atoms with Crippen molar-refractivity contribution < 1.29 is 4.79 Å². The van der Waals surface area contributed by atoms with Gasteiger partial charge in [0, 0.05) is 12.1 Å². The summed E-state index contributed by atoms with van der Waals surface area (Å²) in [4.78, 5) is 11.6. The van der Waals surface area contributed by atoms with Gasteiger partial charge in [-0.05, 0) is 32.6 Å². The van der Waals surface area contributed by atoms with Crippen molar-refractivity contribution in [3.05, 3.63) is 0 Å². The first kappa shape index (κ1) is 16.4. The van der Waals surface area contributed by atoms with E-state index in [2.05, 4.69) is 45.3 Å². The number of rotatable bonds is 9. The minimum atomic E-state index is 0.113. The summed E-state index contributed by atoms with van der Waals surface area (Å²) in [5.41, 5.74) is 0. The summed E-state index contributed by atoms with van der Waals surface area (Å²) in [6.45, 7) is 11.2. The molecule has 0 aliphatic heterocycles. The molecular weight excluding hydrogens is 212 g/mol. The number of carbonyl (C=O) groups excluding carboxylic acids is 1. The molecule has 0 radical (unpaired) electrons. The molecule has 0 saturated heterocycles. The van der Waals surface area contributed by atoms with Crippen molar-refractivity contribution in [2.45, 2.75) is 72.4 Å². The second-order valence-electron chi connectivity index (χ2n) is 5.29. The van der Waals surface area contributed by atoms with Gasteiger partial charge in [0.05, 0.1) is 6.54 Å². The molecular formula is C14H30N2O. The zero-order valence-electron chi connectivity index (χ0n) is 12.2. The fourth-order valence-corrected chi connectivity index (χ4v) is 1.95. The van der Waals surface area contributed by atoms with Crippen LogP contribution in [0.1, 0.15) is 60.3 Å². The Bertz CT molecular complexity index is 206. The highest BCUT2D eigenvalue weighted by atomic mass is 16.1. The fourth-order valence-electron chi connectivity index (χ4n) is 1.95. The van der Waals surface area contributed by atoms with E-state index in [1.165, 1.54) is 6.42 Å². The van der Waals surface area contributed by atoms with Gasteiger partial charge >= 0.3 is 0 Å². The number of amides is 1. The van der Waals surface area contributed by atoms with Gasteiger partial charge in [0.25, 0.3) is 0 Å². The first-order valence-electron chi connectivity index (χ1n) is 7.02. The van der Waals surface area contributed by atoms with Gasteiger partial charge in [0.15, 0.2) is 0 Å². The third kappa shape index (κ3) is 9.16. The van der Waals surface area contributed by atoms with E-state index in [1.54, 1.807) is 0 Å². The van der Waals surface area contributed by atoms with Crippen LogP contribution in [0.4, 0.5) is 0 Å². The molecule has 1 amide bonds. The van der Waals surface area contributed by atoms with Crippen molar-refractivity contribution in [1.82, 2.24) is 10.6 Å². The normalized spacial score (nSPS) is 16.3. The van der Waals surface area contributed by atoms with Crippen molar-refractivity contribution in [2.24, 2.45) is 5.92 Å². The number of carbonyl (C=O) groups is 1. The van der Waals surface area contributed by atoms with Gasteiger partial charge < -0.3 is 10.6 Å². The third-order valence-electron chi connectivity index (χ3n) is 3.19. The monoisotopic (exact) mass is 242 g/mol. The molecule has 0 rings (SSSR count). The lowest BCUT2D eigenvalue weighted by atomic mass is 10.0. The van der Waals surface area contributed by atoms with E-state index >= 15 is 0 Å². The van der Waals surface area contributed by atoms with Crippen molar-refractivity contribution in [3.8, 4) is 0 Å². The minimum Gasteiger partial charge on any atom is -0.353 e. The van der Waals surface area contributed by atoms with Crippen LogP contribution in [0.15, 0.2) is 0 Å². The topological polar surface area (TPSA) is 41.1 Å². The smallest absolute Gasteiger partial charge is 0.234 e. The van der Waals surface area contributed by atoms with E-state index < -0.39 is 0 Å². The largest absolute Gasteiger partial charge is 0.353 e. The Morgan fingerprint density at radius 1 is 1.12 bits per heavy atom. The van der Waals surface area contributed by atoms with Gasteiger partial charge in [-0.1, -0.05) is 33.6 Å². The van der Waals surface area contributed by atoms with Gasteiger partial charge in [-0.15, -0.1) is 0 Å². The van der Waals surface area contributed by atoms with Gasteiger partial charge in [-0.3, -0.25) is 4.79 Å². The van der Waals surface area contributed by atoms with Crippen LogP contribution in [0.25, 0.3) is 0 Å². The first-order valence-corrected chi connectivity index (χ1v) is 7.02. The molecule has 17 heavy (non-hydrogen) atoms. The highest BCUT2D eigenvalue weighted by Gasteiger charge is 2.10. The van der Waals surface area contributed by atoms with Crippen molar-refractivity contribution in [1.29, 1.82) is 0 Å². The lowest BCUT2D eigenvalue weighted by Gasteiger charge is -2.18. The molecule has 0 bridgehead atoms. The SMILES string of the molecule is CCCC(C)NC(=O)CNC(C)CC(C)CC. The van der Waals surface area contributed by atoms with Crippen LogP contribution >= 0.6 is 0 Å². The van der Waals surface area contributed by atoms with Crippen LogP contribution < -0.4 is 10.6 Å². The Balaban J connectivity index is 3.68. The zero-order chi connectivity index (χ0) is 13.3.